The van der Waals surface area contributed by atoms with E-state index < -0.39 is 5.91 Å². The molecule has 5 nitrogen and oxygen atoms in total. The molecule has 6 heteroatoms. The molecule has 2 aromatic rings. The highest BCUT2D eigenvalue weighted by Gasteiger charge is 2.14. The first-order valence-electron chi connectivity index (χ1n) is 7.68. The normalized spacial score (nSPS) is 13.3. The number of nitrogens with two attached hydrogens (primary N) is 1. The van der Waals surface area contributed by atoms with Crippen LogP contribution in [-0.4, -0.2) is 37.3 Å². The van der Waals surface area contributed by atoms with Crippen molar-refractivity contribution in [2.45, 2.75) is 11.4 Å². The summed E-state index contributed by atoms with van der Waals surface area (Å²) in [7, 11) is 3.93. The van der Waals surface area contributed by atoms with Crippen molar-refractivity contribution in [3.63, 3.8) is 0 Å². The lowest BCUT2D eigenvalue weighted by Gasteiger charge is -2.19. The maximum Gasteiger partial charge on any atom is 0.248 e. The van der Waals surface area contributed by atoms with Crippen molar-refractivity contribution in [1.29, 1.82) is 0 Å². The van der Waals surface area contributed by atoms with Gasteiger partial charge in [0.15, 0.2) is 0 Å². The predicted octanol–water partition coefficient (Wildman–Crippen LogP) is 3.12. The van der Waals surface area contributed by atoms with Crippen molar-refractivity contribution in [1.82, 2.24) is 4.90 Å². The molecule has 2 N–H and O–H groups in total. The van der Waals surface area contributed by atoms with Crippen LogP contribution in [0.4, 0.5) is 0 Å². The van der Waals surface area contributed by atoms with Crippen molar-refractivity contribution < 1.29 is 14.3 Å². The first-order chi connectivity index (χ1) is 11.5. The fourth-order valence-corrected chi connectivity index (χ4v) is 3.32. The number of rotatable bonds is 5. The van der Waals surface area contributed by atoms with Crippen LogP contribution in [0.5, 0.6) is 17.2 Å². The lowest BCUT2D eigenvalue weighted by Crippen LogP contribution is -2.15. The average Bonchev–Trinajstić information content (AvgIpc) is 2.55. The highest BCUT2D eigenvalue weighted by atomic mass is 32.2. The number of thioether (sulfide) groups is 1. The molecule has 1 amide bonds. The zero-order valence-electron chi connectivity index (χ0n) is 13.7. The Balaban J connectivity index is 1.89. The van der Waals surface area contributed by atoms with Gasteiger partial charge in [0, 0.05) is 34.4 Å². The van der Waals surface area contributed by atoms with E-state index in [-0.39, 0.29) is 0 Å². The lowest BCUT2D eigenvalue weighted by molar-refractivity contribution is 0.1000. The second-order valence-electron chi connectivity index (χ2n) is 5.83. The maximum absolute atomic E-state index is 11.4. The van der Waals surface area contributed by atoms with E-state index in [1.165, 1.54) is 0 Å². The number of carbonyl (C=O) groups is 1. The number of amides is 1. The van der Waals surface area contributed by atoms with Gasteiger partial charge in [-0.05, 0) is 44.4 Å². The number of primary amides is 1. The van der Waals surface area contributed by atoms with Crippen molar-refractivity contribution >= 4 is 17.7 Å². The number of benzene rings is 2. The van der Waals surface area contributed by atoms with Gasteiger partial charge < -0.3 is 20.1 Å². The van der Waals surface area contributed by atoms with E-state index in [2.05, 4.69) is 0 Å². The summed E-state index contributed by atoms with van der Waals surface area (Å²) in [6.07, 6.45) is 0. The summed E-state index contributed by atoms with van der Waals surface area (Å²) in [4.78, 5) is 14.6. The van der Waals surface area contributed by atoms with Crippen molar-refractivity contribution in [2.24, 2.45) is 5.73 Å². The van der Waals surface area contributed by atoms with Crippen LogP contribution in [0.2, 0.25) is 0 Å². The Morgan fingerprint density at radius 2 is 2.12 bits per heavy atom. The molecular formula is C18H20N2O3S. The highest BCUT2D eigenvalue weighted by molar-refractivity contribution is 7.99. The second kappa shape index (κ2) is 7.15. The van der Waals surface area contributed by atoms with Crippen molar-refractivity contribution in [3.8, 4) is 17.2 Å². The van der Waals surface area contributed by atoms with Gasteiger partial charge in [-0.1, -0.05) is 0 Å². The van der Waals surface area contributed by atoms with Crippen LogP contribution in [0.1, 0.15) is 15.9 Å². The molecule has 0 bridgehead atoms. The number of fused-ring (bicyclic) bond motifs is 1. The third kappa shape index (κ3) is 3.83. The van der Waals surface area contributed by atoms with Gasteiger partial charge in [-0.3, -0.25) is 4.79 Å². The van der Waals surface area contributed by atoms with Crippen molar-refractivity contribution in [3.05, 3.63) is 47.5 Å². The van der Waals surface area contributed by atoms with E-state index >= 15 is 0 Å². The largest absolute Gasteiger partial charge is 0.491 e. The van der Waals surface area contributed by atoms with Crippen LogP contribution in [0.15, 0.2) is 41.3 Å². The van der Waals surface area contributed by atoms with Gasteiger partial charge in [0.1, 0.15) is 17.2 Å². The van der Waals surface area contributed by atoms with Gasteiger partial charge in [0.25, 0.3) is 0 Å². The van der Waals surface area contributed by atoms with Crippen LogP contribution in [0.3, 0.4) is 0 Å². The molecule has 0 fully saturated rings. The molecule has 24 heavy (non-hydrogen) atoms. The van der Waals surface area contributed by atoms with E-state index in [1.54, 1.807) is 30.0 Å². The summed E-state index contributed by atoms with van der Waals surface area (Å²) in [5.74, 6) is 2.79. The summed E-state index contributed by atoms with van der Waals surface area (Å²) < 4.78 is 11.7. The number of hydrogen-bond acceptors (Lipinski definition) is 5. The Hall–Kier alpha value is -2.18. The van der Waals surface area contributed by atoms with Gasteiger partial charge in [0.05, 0.1) is 6.61 Å². The minimum Gasteiger partial charge on any atom is -0.491 e. The number of carbonyl (C=O) groups excluding carboxylic acids is 1. The first kappa shape index (κ1) is 16.7. The number of hydrogen-bond donors (Lipinski definition) is 1. The maximum atomic E-state index is 11.4. The Labute approximate surface area is 145 Å². The SMILES string of the molecule is CN(C)Cc1cc(C(N)=O)ccc1Oc1ccc2c(c1)OCCS2. The zero-order valence-corrected chi connectivity index (χ0v) is 14.6. The van der Waals surface area contributed by atoms with E-state index in [0.717, 1.165) is 22.0 Å². The summed E-state index contributed by atoms with van der Waals surface area (Å²) in [5.41, 5.74) is 6.76. The minimum absolute atomic E-state index is 0.444. The standard InChI is InChI=1S/C18H20N2O3S/c1-20(2)11-13-9-12(18(19)21)3-5-15(13)23-14-4-6-17-16(10-14)22-7-8-24-17/h3-6,9-10H,7-8,11H2,1-2H3,(H2,19,21). The van der Waals surface area contributed by atoms with Gasteiger partial charge in [-0.2, -0.15) is 0 Å². The smallest absolute Gasteiger partial charge is 0.248 e. The van der Waals surface area contributed by atoms with E-state index in [1.807, 2.05) is 37.2 Å². The summed E-state index contributed by atoms with van der Waals surface area (Å²) in [6.45, 7) is 1.36. The molecule has 1 aliphatic rings. The molecule has 0 aromatic heterocycles. The molecule has 1 aliphatic heterocycles. The van der Waals surface area contributed by atoms with Gasteiger partial charge >= 0.3 is 0 Å². The third-order valence-corrected chi connectivity index (χ3v) is 4.59. The van der Waals surface area contributed by atoms with E-state index in [0.29, 0.717) is 30.2 Å². The lowest BCUT2D eigenvalue weighted by atomic mass is 10.1. The topological polar surface area (TPSA) is 64.8 Å². The number of nitrogens with zero attached hydrogens (tertiary/aromatic N) is 1. The van der Waals surface area contributed by atoms with Crippen LogP contribution in [-0.2, 0) is 6.54 Å². The summed E-state index contributed by atoms with van der Waals surface area (Å²) >= 11 is 1.78. The van der Waals surface area contributed by atoms with Crippen LogP contribution in [0.25, 0.3) is 0 Å². The molecule has 0 radical (unpaired) electrons. The van der Waals surface area contributed by atoms with Gasteiger partial charge in [-0.25, -0.2) is 0 Å². The highest BCUT2D eigenvalue weighted by Crippen LogP contribution is 2.37. The predicted molar refractivity (Wildman–Crippen MR) is 95.1 cm³/mol. The third-order valence-electron chi connectivity index (χ3n) is 3.57. The van der Waals surface area contributed by atoms with Crippen LogP contribution >= 0.6 is 11.8 Å². The molecule has 0 unspecified atom stereocenters. The number of ether oxygens (including phenoxy) is 2. The minimum atomic E-state index is -0.444. The molecule has 0 atom stereocenters. The molecule has 0 aliphatic carbocycles. The van der Waals surface area contributed by atoms with Crippen LogP contribution < -0.4 is 15.2 Å². The van der Waals surface area contributed by atoms with Gasteiger partial charge in [0.2, 0.25) is 5.91 Å². The molecule has 0 saturated carbocycles. The molecule has 0 spiro atoms. The molecule has 126 valence electrons. The first-order valence-corrected chi connectivity index (χ1v) is 8.66. The average molecular weight is 344 g/mol. The molecule has 0 saturated heterocycles. The summed E-state index contributed by atoms with van der Waals surface area (Å²) in [5, 5.41) is 0. The fraction of sp³-hybridized carbons (Fsp3) is 0.278. The monoisotopic (exact) mass is 344 g/mol. The quantitative estimate of drug-likeness (QED) is 0.903. The summed E-state index contributed by atoms with van der Waals surface area (Å²) in [6, 6.07) is 11.1. The Kier molecular flexibility index (Phi) is 4.97. The second-order valence-corrected chi connectivity index (χ2v) is 6.97. The molecule has 2 aromatic carbocycles. The molecular weight excluding hydrogens is 324 g/mol. The molecule has 3 rings (SSSR count). The van der Waals surface area contributed by atoms with E-state index in [4.69, 9.17) is 15.2 Å². The fourth-order valence-electron chi connectivity index (χ4n) is 2.51. The Morgan fingerprint density at radius 1 is 1.29 bits per heavy atom. The van der Waals surface area contributed by atoms with E-state index in [9.17, 15) is 4.79 Å². The van der Waals surface area contributed by atoms with Crippen LogP contribution in [0, 0.1) is 0 Å². The van der Waals surface area contributed by atoms with Gasteiger partial charge in [-0.15, -0.1) is 11.8 Å². The zero-order chi connectivity index (χ0) is 17.1. The Morgan fingerprint density at radius 3 is 2.88 bits per heavy atom. The van der Waals surface area contributed by atoms with Crippen molar-refractivity contribution in [2.75, 3.05) is 26.5 Å². The Bertz CT molecular complexity index is 762. The molecule has 1 heterocycles.